The van der Waals surface area contributed by atoms with Gasteiger partial charge in [-0.1, -0.05) is 0 Å². The van der Waals surface area contributed by atoms with Crippen molar-refractivity contribution in [3.05, 3.63) is 28.3 Å². The van der Waals surface area contributed by atoms with E-state index in [1.165, 1.54) is 12.1 Å². The number of ether oxygens (including phenoxy) is 2. The molecule has 0 amide bonds. The molecule has 8 nitrogen and oxygen atoms in total. The van der Waals surface area contributed by atoms with Crippen molar-refractivity contribution >= 4 is 17.3 Å². The van der Waals surface area contributed by atoms with E-state index in [4.69, 9.17) is 14.6 Å². The maximum atomic E-state index is 11.1. The van der Waals surface area contributed by atoms with Crippen LogP contribution >= 0.6 is 0 Å². The van der Waals surface area contributed by atoms with Gasteiger partial charge in [-0.05, 0) is 6.92 Å². The zero-order valence-corrected chi connectivity index (χ0v) is 11.4. The fourth-order valence-electron chi connectivity index (χ4n) is 2.18. The number of anilines is 1. The topological polar surface area (TPSA) is 111 Å². The summed E-state index contributed by atoms with van der Waals surface area (Å²) in [6, 6.07) is 3.85. The van der Waals surface area contributed by atoms with Crippen LogP contribution in [0.1, 0.15) is 6.92 Å². The minimum atomic E-state index is -0.958. The van der Waals surface area contributed by atoms with E-state index in [1.807, 2.05) is 0 Å². The number of hydrogen-bond donors (Lipinski definition) is 2. The van der Waals surface area contributed by atoms with Crippen LogP contribution in [0.4, 0.5) is 11.4 Å². The molecule has 2 unspecified atom stereocenters. The zero-order chi connectivity index (χ0) is 15.4. The first-order valence-electron chi connectivity index (χ1n) is 6.50. The number of carbonyl (C=O) groups is 1. The lowest BCUT2D eigenvalue weighted by molar-refractivity contribution is -0.384. The molecule has 1 aromatic rings. The van der Waals surface area contributed by atoms with Crippen molar-refractivity contribution in [2.24, 2.45) is 5.92 Å². The van der Waals surface area contributed by atoms with Crippen LogP contribution in [0.3, 0.4) is 0 Å². The molecule has 114 valence electrons. The number of carboxylic acid groups (broad SMARTS) is 1. The van der Waals surface area contributed by atoms with Crippen LogP contribution in [0.15, 0.2) is 18.2 Å². The highest BCUT2D eigenvalue weighted by Crippen LogP contribution is 2.28. The summed E-state index contributed by atoms with van der Waals surface area (Å²) in [5.74, 6) is -1.28. The molecule has 1 saturated heterocycles. The lowest BCUT2D eigenvalue weighted by atomic mass is 10.0. The number of rotatable bonds is 6. The molecular weight excluding hydrogens is 280 g/mol. The highest BCUT2D eigenvalue weighted by molar-refractivity contribution is 5.72. The fourth-order valence-corrected chi connectivity index (χ4v) is 2.18. The number of carboxylic acids is 1. The van der Waals surface area contributed by atoms with E-state index in [-0.39, 0.29) is 18.9 Å². The molecule has 0 radical (unpaired) electrons. The van der Waals surface area contributed by atoms with Gasteiger partial charge < -0.3 is 19.9 Å². The molecule has 2 N–H and O–H groups in total. The van der Waals surface area contributed by atoms with Crippen molar-refractivity contribution in [2.45, 2.75) is 13.0 Å². The van der Waals surface area contributed by atoms with Crippen molar-refractivity contribution < 1.29 is 24.3 Å². The largest absolute Gasteiger partial charge is 0.494 e. The Labute approximate surface area is 120 Å². The van der Waals surface area contributed by atoms with Crippen LogP contribution in [0.2, 0.25) is 0 Å². The maximum absolute atomic E-state index is 11.1. The van der Waals surface area contributed by atoms with Crippen molar-refractivity contribution in [2.75, 3.05) is 25.1 Å². The number of aliphatic carboxylic acids is 1. The summed E-state index contributed by atoms with van der Waals surface area (Å²) in [6.07, 6.45) is 0. The molecule has 1 fully saturated rings. The van der Waals surface area contributed by atoms with Gasteiger partial charge in [0.05, 0.1) is 36.9 Å². The second kappa shape index (κ2) is 6.40. The minimum absolute atomic E-state index is 0.116. The van der Waals surface area contributed by atoms with E-state index < -0.39 is 22.9 Å². The van der Waals surface area contributed by atoms with Crippen molar-refractivity contribution in [1.82, 2.24) is 0 Å². The highest BCUT2D eigenvalue weighted by Gasteiger charge is 2.34. The Bertz CT molecular complexity index is 547. The molecule has 1 aromatic carbocycles. The lowest BCUT2D eigenvalue weighted by Gasteiger charge is -2.17. The maximum Gasteiger partial charge on any atom is 0.311 e. The summed E-state index contributed by atoms with van der Waals surface area (Å²) < 4.78 is 10.4. The SMILES string of the molecule is CCOc1cc(NC2COCC2C(=O)O)cc([N+](=O)[O-])c1. The monoisotopic (exact) mass is 296 g/mol. The standard InChI is InChI=1S/C13H16N2O6/c1-2-21-10-4-8(3-9(5-10)15(18)19)14-12-7-20-6-11(12)13(16)17/h3-5,11-12,14H,2,6-7H2,1H3,(H,16,17). The van der Waals surface area contributed by atoms with E-state index in [1.54, 1.807) is 13.0 Å². The Morgan fingerprint density at radius 2 is 2.29 bits per heavy atom. The number of nitrogens with zero attached hydrogens (tertiary/aromatic N) is 1. The zero-order valence-electron chi connectivity index (χ0n) is 11.4. The lowest BCUT2D eigenvalue weighted by Crippen LogP contribution is -2.33. The first-order valence-corrected chi connectivity index (χ1v) is 6.50. The molecule has 0 aliphatic carbocycles. The van der Waals surface area contributed by atoms with Crippen LogP contribution in [0.25, 0.3) is 0 Å². The third kappa shape index (κ3) is 3.60. The number of non-ortho nitro benzene ring substituents is 1. The van der Waals surface area contributed by atoms with Crippen molar-refractivity contribution in [1.29, 1.82) is 0 Å². The summed E-state index contributed by atoms with van der Waals surface area (Å²) in [4.78, 5) is 21.5. The van der Waals surface area contributed by atoms with Crippen LogP contribution in [-0.2, 0) is 9.53 Å². The van der Waals surface area contributed by atoms with Gasteiger partial charge in [-0.3, -0.25) is 14.9 Å². The Kier molecular flexibility index (Phi) is 4.59. The summed E-state index contributed by atoms with van der Waals surface area (Å²) in [5, 5.41) is 23.0. The number of nitro benzene ring substituents is 1. The Balaban J connectivity index is 2.22. The molecule has 0 spiro atoms. The highest BCUT2D eigenvalue weighted by atomic mass is 16.6. The molecule has 2 rings (SSSR count). The second-order valence-corrected chi connectivity index (χ2v) is 4.64. The van der Waals surface area contributed by atoms with Gasteiger partial charge in [-0.2, -0.15) is 0 Å². The van der Waals surface area contributed by atoms with Gasteiger partial charge in [0.1, 0.15) is 11.7 Å². The van der Waals surface area contributed by atoms with E-state index in [0.717, 1.165) is 0 Å². The molecule has 2 atom stereocenters. The van der Waals surface area contributed by atoms with Gasteiger partial charge in [0, 0.05) is 17.8 Å². The van der Waals surface area contributed by atoms with Crippen LogP contribution in [0.5, 0.6) is 5.75 Å². The molecule has 1 heterocycles. The van der Waals surface area contributed by atoms with Gasteiger partial charge in [0.15, 0.2) is 0 Å². The molecule has 1 aliphatic rings. The number of hydrogen-bond acceptors (Lipinski definition) is 6. The van der Waals surface area contributed by atoms with Crippen LogP contribution in [0, 0.1) is 16.0 Å². The van der Waals surface area contributed by atoms with Crippen molar-refractivity contribution in [3.8, 4) is 5.75 Å². The number of nitro groups is 1. The average Bonchev–Trinajstić information content (AvgIpc) is 2.87. The Morgan fingerprint density at radius 1 is 1.52 bits per heavy atom. The molecular formula is C13H16N2O6. The summed E-state index contributed by atoms with van der Waals surface area (Å²) in [6.45, 7) is 2.52. The first kappa shape index (κ1) is 15.0. The third-order valence-corrected chi connectivity index (χ3v) is 3.16. The molecule has 0 saturated carbocycles. The van der Waals surface area contributed by atoms with E-state index >= 15 is 0 Å². The average molecular weight is 296 g/mol. The predicted molar refractivity (Wildman–Crippen MR) is 73.6 cm³/mol. The smallest absolute Gasteiger partial charge is 0.311 e. The minimum Gasteiger partial charge on any atom is -0.494 e. The molecule has 21 heavy (non-hydrogen) atoms. The van der Waals surface area contributed by atoms with Crippen LogP contribution < -0.4 is 10.1 Å². The van der Waals surface area contributed by atoms with Gasteiger partial charge in [0.2, 0.25) is 0 Å². The first-order chi connectivity index (χ1) is 10.0. The number of benzene rings is 1. The number of nitrogens with one attached hydrogen (secondary N) is 1. The van der Waals surface area contributed by atoms with E-state index in [0.29, 0.717) is 18.0 Å². The quantitative estimate of drug-likeness (QED) is 0.604. The van der Waals surface area contributed by atoms with Crippen LogP contribution in [-0.4, -0.2) is 41.9 Å². The van der Waals surface area contributed by atoms with Gasteiger partial charge in [0.25, 0.3) is 5.69 Å². The molecule has 0 bridgehead atoms. The van der Waals surface area contributed by atoms with Gasteiger partial charge >= 0.3 is 5.97 Å². The summed E-state index contributed by atoms with van der Waals surface area (Å²) >= 11 is 0. The Morgan fingerprint density at radius 3 is 2.90 bits per heavy atom. The van der Waals surface area contributed by atoms with Gasteiger partial charge in [-0.15, -0.1) is 0 Å². The predicted octanol–water partition coefficient (Wildman–Crippen LogP) is 1.50. The summed E-state index contributed by atoms with van der Waals surface area (Å²) in [5.41, 5.74) is 0.323. The second-order valence-electron chi connectivity index (χ2n) is 4.64. The van der Waals surface area contributed by atoms with E-state index in [9.17, 15) is 14.9 Å². The van der Waals surface area contributed by atoms with Gasteiger partial charge in [-0.25, -0.2) is 0 Å². The molecule has 0 aromatic heterocycles. The normalized spacial score (nSPS) is 21.0. The summed E-state index contributed by atoms with van der Waals surface area (Å²) in [7, 11) is 0. The fraction of sp³-hybridized carbons (Fsp3) is 0.462. The third-order valence-electron chi connectivity index (χ3n) is 3.16. The van der Waals surface area contributed by atoms with E-state index in [2.05, 4.69) is 5.32 Å². The Hall–Kier alpha value is -2.35. The molecule has 1 aliphatic heterocycles. The van der Waals surface area contributed by atoms with Crippen molar-refractivity contribution in [3.63, 3.8) is 0 Å². The molecule has 8 heteroatoms.